The molecule has 1 fully saturated rings. The second-order valence-corrected chi connectivity index (χ2v) is 7.46. The van der Waals surface area contributed by atoms with E-state index in [4.69, 9.17) is 0 Å². The molecule has 1 saturated carbocycles. The van der Waals surface area contributed by atoms with Gasteiger partial charge in [-0.15, -0.1) is 0 Å². The lowest BCUT2D eigenvalue weighted by Crippen LogP contribution is -2.37. The summed E-state index contributed by atoms with van der Waals surface area (Å²) < 4.78 is 27.5. The van der Waals surface area contributed by atoms with E-state index in [1.165, 1.54) is 6.42 Å². The molecule has 1 aliphatic carbocycles. The van der Waals surface area contributed by atoms with Crippen LogP contribution in [-0.4, -0.2) is 14.5 Å². The Hall–Kier alpha value is -0.870. The van der Waals surface area contributed by atoms with Gasteiger partial charge < -0.3 is 0 Å². The summed E-state index contributed by atoms with van der Waals surface area (Å²) in [5, 5.41) is 0. The molecular weight excluding hydrogens is 270 g/mol. The summed E-state index contributed by atoms with van der Waals surface area (Å²) in [6, 6.07) is 7.30. The summed E-state index contributed by atoms with van der Waals surface area (Å²) in [5.74, 6) is 0.777. The van der Waals surface area contributed by atoms with Crippen molar-refractivity contribution in [3.05, 3.63) is 29.8 Å². The second-order valence-electron chi connectivity index (χ2n) is 5.74. The van der Waals surface area contributed by atoms with Crippen molar-refractivity contribution >= 4 is 10.0 Å². The predicted octanol–water partition coefficient (Wildman–Crippen LogP) is 3.50. The van der Waals surface area contributed by atoms with Crippen molar-refractivity contribution in [1.82, 2.24) is 4.72 Å². The zero-order chi connectivity index (χ0) is 14.6. The highest BCUT2D eigenvalue weighted by Crippen LogP contribution is 2.27. The van der Waals surface area contributed by atoms with Gasteiger partial charge in [-0.3, -0.25) is 0 Å². The maximum atomic E-state index is 12.3. The summed E-state index contributed by atoms with van der Waals surface area (Å²) >= 11 is 0. The minimum atomic E-state index is -3.36. The lowest BCUT2D eigenvalue weighted by atomic mass is 9.85. The van der Waals surface area contributed by atoms with E-state index in [1.807, 2.05) is 12.1 Å². The first-order valence-electron chi connectivity index (χ1n) is 7.66. The number of benzene rings is 1. The number of sulfonamides is 1. The molecule has 0 aromatic heterocycles. The maximum absolute atomic E-state index is 12.3. The number of nitrogens with one attached hydrogen (secondary N) is 1. The molecule has 2 rings (SSSR count). The van der Waals surface area contributed by atoms with Crippen LogP contribution in [-0.2, 0) is 16.4 Å². The van der Waals surface area contributed by atoms with Crippen LogP contribution >= 0.6 is 0 Å². The van der Waals surface area contributed by atoms with Crippen molar-refractivity contribution in [3.8, 4) is 0 Å². The fraction of sp³-hybridized carbons (Fsp3) is 0.625. The highest BCUT2D eigenvalue weighted by Gasteiger charge is 2.24. The molecule has 0 heterocycles. The maximum Gasteiger partial charge on any atom is 0.240 e. The van der Waals surface area contributed by atoms with Gasteiger partial charge >= 0.3 is 0 Å². The molecule has 112 valence electrons. The van der Waals surface area contributed by atoms with E-state index in [0.717, 1.165) is 43.6 Å². The van der Waals surface area contributed by atoms with E-state index in [1.54, 1.807) is 12.1 Å². The van der Waals surface area contributed by atoms with Gasteiger partial charge in [0.2, 0.25) is 10.0 Å². The van der Waals surface area contributed by atoms with Gasteiger partial charge in [-0.05, 0) is 55.7 Å². The molecule has 0 radical (unpaired) electrons. The van der Waals surface area contributed by atoms with Gasteiger partial charge in [-0.2, -0.15) is 0 Å². The van der Waals surface area contributed by atoms with Gasteiger partial charge in [0.1, 0.15) is 0 Å². The monoisotopic (exact) mass is 295 g/mol. The standard InChI is InChI=1S/C16H25NO2S/c1-3-13-5-9-15(10-6-13)17-20(18,19)16-11-7-14(4-2)8-12-16/h7-8,11-13,15,17H,3-6,9-10H2,1-2H3. The predicted molar refractivity (Wildman–Crippen MR) is 82.2 cm³/mol. The molecule has 1 aromatic rings. The van der Waals surface area contributed by atoms with Crippen LogP contribution in [0.5, 0.6) is 0 Å². The van der Waals surface area contributed by atoms with Crippen LogP contribution in [0.3, 0.4) is 0 Å². The first kappa shape index (κ1) is 15.5. The van der Waals surface area contributed by atoms with Gasteiger partial charge in [-0.25, -0.2) is 13.1 Å². The van der Waals surface area contributed by atoms with Gasteiger partial charge in [0, 0.05) is 6.04 Å². The lowest BCUT2D eigenvalue weighted by Gasteiger charge is -2.28. The zero-order valence-corrected chi connectivity index (χ0v) is 13.2. The summed E-state index contributed by atoms with van der Waals surface area (Å²) in [7, 11) is -3.36. The Kier molecular flexibility index (Phi) is 5.22. The van der Waals surface area contributed by atoms with Crippen LogP contribution in [0.25, 0.3) is 0 Å². The molecule has 20 heavy (non-hydrogen) atoms. The van der Waals surface area contributed by atoms with E-state index in [-0.39, 0.29) is 6.04 Å². The second kappa shape index (κ2) is 6.72. The first-order chi connectivity index (χ1) is 9.55. The molecule has 0 saturated heterocycles. The molecule has 0 spiro atoms. The molecule has 0 aliphatic heterocycles. The minimum absolute atomic E-state index is 0.105. The Labute approximate surface area is 122 Å². The lowest BCUT2D eigenvalue weighted by molar-refractivity contribution is 0.306. The first-order valence-corrected chi connectivity index (χ1v) is 9.14. The van der Waals surface area contributed by atoms with Crippen molar-refractivity contribution in [3.63, 3.8) is 0 Å². The van der Waals surface area contributed by atoms with Gasteiger partial charge in [0.15, 0.2) is 0 Å². The van der Waals surface area contributed by atoms with Gasteiger partial charge in [0.05, 0.1) is 4.90 Å². The molecule has 0 atom stereocenters. The average molecular weight is 295 g/mol. The Morgan fingerprint density at radius 1 is 1.05 bits per heavy atom. The van der Waals surface area contributed by atoms with E-state index < -0.39 is 10.0 Å². The molecule has 0 bridgehead atoms. The topological polar surface area (TPSA) is 46.2 Å². The minimum Gasteiger partial charge on any atom is -0.208 e. The summed E-state index contributed by atoms with van der Waals surface area (Å²) in [6.07, 6.45) is 6.33. The van der Waals surface area contributed by atoms with Crippen molar-refractivity contribution < 1.29 is 8.42 Å². The molecule has 0 amide bonds. The summed E-state index contributed by atoms with van der Waals surface area (Å²) in [4.78, 5) is 0.382. The Morgan fingerprint density at radius 2 is 1.65 bits per heavy atom. The highest BCUT2D eigenvalue weighted by molar-refractivity contribution is 7.89. The largest absolute Gasteiger partial charge is 0.240 e. The van der Waals surface area contributed by atoms with Crippen LogP contribution in [0, 0.1) is 5.92 Å². The van der Waals surface area contributed by atoms with Crippen molar-refractivity contribution in [2.75, 3.05) is 0 Å². The van der Waals surface area contributed by atoms with Gasteiger partial charge in [0.25, 0.3) is 0 Å². The number of hydrogen-bond acceptors (Lipinski definition) is 2. The zero-order valence-electron chi connectivity index (χ0n) is 12.4. The van der Waals surface area contributed by atoms with Crippen molar-refractivity contribution in [2.24, 2.45) is 5.92 Å². The summed E-state index contributed by atoms with van der Waals surface area (Å²) in [6.45, 7) is 4.28. The fourth-order valence-corrected chi connectivity index (χ4v) is 4.19. The molecule has 1 aliphatic rings. The molecule has 3 nitrogen and oxygen atoms in total. The van der Waals surface area contributed by atoms with Gasteiger partial charge in [-0.1, -0.05) is 32.4 Å². The smallest absolute Gasteiger partial charge is 0.208 e. The van der Waals surface area contributed by atoms with Crippen LogP contribution < -0.4 is 4.72 Å². The number of hydrogen-bond donors (Lipinski definition) is 1. The molecule has 1 aromatic carbocycles. The van der Waals surface area contributed by atoms with Crippen LogP contribution in [0.1, 0.15) is 51.5 Å². The number of rotatable bonds is 5. The Morgan fingerprint density at radius 3 is 2.15 bits per heavy atom. The fourth-order valence-electron chi connectivity index (χ4n) is 2.88. The quantitative estimate of drug-likeness (QED) is 0.903. The van der Waals surface area contributed by atoms with Crippen LogP contribution in [0.2, 0.25) is 0 Å². The molecule has 4 heteroatoms. The highest BCUT2D eigenvalue weighted by atomic mass is 32.2. The molecule has 0 unspecified atom stereocenters. The Bertz CT molecular complexity index is 514. The van der Waals surface area contributed by atoms with E-state index in [9.17, 15) is 8.42 Å². The van der Waals surface area contributed by atoms with Crippen LogP contribution in [0.4, 0.5) is 0 Å². The average Bonchev–Trinajstić information content (AvgIpc) is 2.48. The van der Waals surface area contributed by atoms with Crippen molar-refractivity contribution in [1.29, 1.82) is 0 Å². The van der Waals surface area contributed by atoms with Crippen LogP contribution in [0.15, 0.2) is 29.2 Å². The van der Waals surface area contributed by atoms with Crippen molar-refractivity contribution in [2.45, 2.75) is 63.3 Å². The normalized spacial score (nSPS) is 23.7. The molecular formula is C16H25NO2S. The Balaban J connectivity index is 2.00. The number of aryl methyl sites for hydroxylation is 1. The SMILES string of the molecule is CCc1ccc(S(=O)(=O)NC2CCC(CC)CC2)cc1. The third kappa shape index (κ3) is 3.83. The molecule has 1 N–H and O–H groups in total. The third-order valence-electron chi connectivity index (χ3n) is 4.39. The van der Waals surface area contributed by atoms with E-state index >= 15 is 0 Å². The van der Waals surface area contributed by atoms with E-state index in [2.05, 4.69) is 18.6 Å². The van der Waals surface area contributed by atoms with E-state index in [0.29, 0.717) is 4.90 Å². The summed E-state index contributed by atoms with van der Waals surface area (Å²) in [5.41, 5.74) is 1.16. The third-order valence-corrected chi connectivity index (χ3v) is 5.92.